The Balaban J connectivity index is 2.63. The number of aromatic nitrogens is 1. The second kappa shape index (κ2) is 8.37. The summed E-state index contributed by atoms with van der Waals surface area (Å²) in [5, 5.41) is 8.98. The van der Waals surface area contributed by atoms with Crippen LogP contribution in [-0.2, 0) is 9.53 Å². The largest absolute Gasteiger partial charge is 0.481 e. The average Bonchev–Trinajstić information content (AvgIpc) is 2.95. The summed E-state index contributed by atoms with van der Waals surface area (Å²) in [4.78, 5) is 27.6. The lowest BCUT2D eigenvalue weighted by Gasteiger charge is -2.24. The number of aromatic amines is 1. The maximum Gasteiger partial charge on any atom is 0.308 e. The van der Waals surface area contributed by atoms with E-state index in [1.165, 1.54) is 0 Å². The molecular formula is C14H22N2O4. The van der Waals surface area contributed by atoms with Crippen molar-refractivity contribution >= 4 is 11.9 Å². The fourth-order valence-corrected chi connectivity index (χ4v) is 1.82. The van der Waals surface area contributed by atoms with E-state index in [-0.39, 0.29) is 12.5 Å². The van der Waals surface area contributed by atoms with E-state index in [9.17, 15) is 9.59 Å². The Bertz CT molecular complexity index is 417. The predicted molar refractivity (Wildman–Crippen MR) is 74.6 cm³/mol. The molecule has 1 aromatic rings. The zero-order chi connectivity index (χ0) is 15.0. The molecular weight excluding hydrogens is 260 g/mol. The third kappa shape index (κ3) is 5.05. The van der Waals surface area contributed by atoms with Crippen molar-refractivity contribution < 1.29 is 19.4 Å². The molecule has 0 bridgehead atoms. The number of ether oxygens (including phenoxy) is 1. The van der Waals surface area contributed by atoms with Crippen molar-refractivity contribution in [3.63, 3.8) is 0 Å². The lowest BCUT2D eigenvalue weighted by molar-refractivity contribution is -0.141. The SMILES string of the molecule is CCOCCCN(CC(C)C(=O)O)C(=O)c1ccc[nH]1. The van der Waals surface area contributed by atoms with Crippen molar-refractivity contribution in [2.24, 2.45) is 5.92 Å². The highest BCUT2D eigenvalue weighted by molar-refractivity contribution is 5.92. The molecule has 6 nitrogen and oxygen atoms in total. The quantitative estimate of drug-likeness (QED) is 0.674. The maximum atomic E-state index is 12.3. The second-order valence-corrected chi connectivity index (χ2v) is 4.62. The van der Waals surface area contributed by atoms with Gasteiger partial charge in [-0.1, -0.05) is 6.92 Å². The Morgan fingerprint density at radius 1 is 1.50 bits per heavy atom. The lowest BCUT2D eigenvalue weighted by atomic mass is 10.1. The first-order valence-electron chi connectivity index (χ1n) is 6.79. The second-order valence-electron chi connectivity index (χ2n) is 4.62. The number of carbonyl (C=O) groups excluding carboxylic acids is 1. The monoisotopic (exact) mass is 282 g/mol. The Morgan fingerprint density at radius 2 is 2.25 bits per heavy atom. The smallest absolute Gasteiger partial charge is 0.308 e. The van der Waals surface area contributed by atoms with Crippen LogP contribution in [0.25, 0.3) is 0 Å². The van der Waals surface area contributed by atoms with E-state index in [4.69, 9.17) is 9.84 Å². The number of hydrogen-bond donors (Lipinski definition) is 2. The van der Waals surface area contributed by atoms with E-state index < -0.39 is 11.9 Å². The summed E-state index contributed by atoms with van der Waals surface area (Å²) in [6.45, 7) is 5.38. The van der Waals surface area contributed by atoms with Gasteiger partial charge in [0.1, 0.15) is 5.69 Å². The summed E-state index contributed by atoms with van der Waals surface area (Å²) >= 11 is 0. The molecule has 0 aliphatic heterocycles. The first-order valence-corrected chi connectivity index (χ1v) is 6.79. The van der Waals surface area contributed by atoms with E-state index >= 15 is 0 Å². The number of carbonyl (C=O) groups is 2. The summed E-state index contributed by atoms with van der Waals surface area (Å²) in [6, 6.07) is 3.43. The van der Waals surface area contributed by atoms with Crippen LogP contribution in [0.1, 0.15) is 30.8 Å². The van der Waals surface area contributed by atoms with Gasteiger partial charge in [-0.15, -0.1) is 0 Å². The van der Waals surface area contributed by atoms with E-state index in [0.29, 0.717) is 31.9 Å². The molecule has 1 amide bonds. The van der Waals surface area contributed by atoms with Crippen molar-refractivity contribution in [1.82, 2.24) is 9.88 Å². The molecule has 1 atom stereocenters. The highest BCUT2D eigenvalue weighted by Crippen LogP contribution is 2.07. The van der Waals surface area contributed by atoms with Gasteiger partial charge in [0.25, 0.3) is 5.91 Å². The number of hydrogen-bond acceptors (Lipinski definition) is 3. The molecule has 0 saturated carbocycles. The molecule has 2 N–H and O–H groups in total. The molecule has 0 radical (unpaired) electrons. The summed E-state index contributed by atoms with van der Waals surface area (Å²) in [5.74, 6) is -1.68. The molecule has 6 heteroatoms. The van der Waals surface area contributed by atoms with Gasteiger partial charge in [0.2, 0.25) is 0 Å². The van der Waals surface area contributed by atoms with Gasteiger partial charge >= 0.3 is 5.97 Å². The minimum Gasteiger partial charge on any atom is -0.481 e. The number of aliphatic carboxylic acids is 1. The highest BCUT2D eigenvalue weighted by atomic mass is 16.5. The van der Waals surface area contributed by atoms with Gasteiger partial charge in [0.15, 0.2) is 0 Å². The average molecular weight is 282 g/mol. The third-order valence-corrected chi connectivity index (χ3v) is 2.95. The standard InChI is InChI=1S/C14H22N2O4/c1-3-20-9-5-8-16(10-11(2)14(18)19)13(17)12-6-4-7-15-12/h4,6-7,11,15H,3,5,8-10H2,1-2H3,(H,18,19). The fraction of sp³-hybridized carbons (Fsp3) is 0.571. The van der Waals surface area contributed by atoms with Crippen LogP contribution in [0.4, 0.5) is 0 Å². The predicted octanol–water partition coefficient (Wildman–Crippen LogP) is 1.60. The van der Waals surface area contributed by atoms with Gasteiger partial charge < -0.3 is 19.7 Å². The summed E-state index contributed by atoms with van der Waals surface area (Å²) < 4.78 is 5.24. The Labute approximate surface area is 118 Å². The molecule has 0 spiro atoms. The van der Waals surface area contributed by atoms with Crippen LogP contribution >= 0.6 is 0 Å². The van der Waals surface area contributed by atoms with Crippen LogP contribution in [-0.4, -0.2) is 53.2 Å². The van der Waals surface area contributed by atoms with Crippen LogP contribution in [0, 0.1) is 5.92 Å². The van der Waals surface area contributed by atoms with Crippen LogP contribution in [0.5, 0.6) is 0 Å². The Morgan fingerprint density at radius 3 is 2.80 bits per heavy atom. The summed E-state index contributed by atoms with van der Waals surface area (Å²) in [7, 11) is 0. The van der Waals surface area contributed by atoms with Gasteiger partial charge in [-0.3, -0.25) is 9.59 Å². The number of carboxylic acid groups (broad SMARTS) is 1. The van der Waals surface area contributed by atoms with Crippen molar-refractivity contribution in [2.75, 3.05) is 26.3 Å². The number of nitrogens with one attached hydrogen (secondary N) is 1. The number of amides is 1. The van der Waals surface area contributed by atoms with Gasteiger partial charge in [0, 0.05) is 32.5 Å². The first kappa shape index (κ1) is 16.2. The number of nitrogens with zero attached hydrogens (tertiary/aromatic N) is 1. The van der Waals surface area contributed by atoms with Crippen LogP contribution in [0.2, 0.25) is 0 Å². The molecule has 1 unspecified atom stereocenters. The fourth-order valence-electron chi connectivity index (χ4n) is 1.82. The van der Waals surface area contributed by atoms with Gasteiger partial charge in [-0.05, 0) is 25.5 Å². The van der Waals surface area contributed by atoms with Crippen molar-refractivity contribution in [3.05, 3.63) is 24.0 Å². The van der Waals surface area contributed by atoms with Crippen LogP contribution in [0.15, 0.2) is 18.3 Å². The Hall–Kier alpha value is -1.82. The van der Waals surface area contributed by atoms with Gasteiger partial charge in [-0.2, -0.15) is 0 Å². The molecule has 0 fully saturated rings. The number of H-pyrrole nitrogens is 1. The summed E-state index contributed by atoms with van der Waals surface area (Å²) in [5.41, 5.74) is 0.471. The zero-order valence-electron chi connectivity index (χ0n) is 12.0. The topological polar surface area (TPSA) is 82.6 Å². The minimum absolute atomic E-state index is 0.181. The number of rotatable bonds is 9. The molecule has 1 heterocycles. The number of carboxylic acids is 1. The molecule has 1 rings (SSSR count). The third-order valence-electron chi connectivity index (χ3n) is 2.95. The molecule has 0 aromatic carbocycles. The van der Waals surface area contributed by atoms with E-state index in [2.05, 4.69) is 4.98 Å². The zero-order valence-corrected chi connectivity index (χ0v) is 12.0. The molecule has 0 saturated heterocycles. The lowest BCUT2D eigenvalue weighted by Crippen LogP contribution is -2.38. The minimum atomic E-state index is -0.904. The molecule has 1 aromatic heterocycles. The van der Waals surface area contributed by atoms with Crippen molar-refractivity contribution in [3.8, 4) is 0 Å². The van der Waals surface area contributed by atoms with Crippen molar-refractivity contribution in [1.29, 1.82) is 0 Å². The Kier molecular flexibility index (Phi) is 6.79. The van der Waals surface area contributed by atoms with E-state index in [1.54, 1.807) is 30.2 Å². The maximum absolute atomic E-state index is 12.3. The van der Waals surface area contributed by atoms with Gasteiger partial charge in [0.05, 0.1) is 5.92 Å². The van der Waals surface area contributed by atoms with E-state index in [0.717, 1.165) is 0 Å². The molecule has 112 valence electrons. The first-order chi connectivity index (χ1) is 9.56. The molecule has 0 aliphatic carbocycles. The van der Waals surface area contributed by atoms with Crippen LogP contribution in [0.3, 0.4) is 0 Å². The molecule has 0 aliphatic rings. The van der Waals surface area contributed by atoms with E-state index in [1.807, 2.05) is 6.92 Å². The van der Waals surface area contributed by atoms with Crippen LogP contribution < -0.4 is 0 Å². The molecule has 20 heavy (non-hydrogen) atoms. The van der Waals surface area contributed by atoms with Gasteiger partial charge in [-0.25, -0.2) is 0 Å². The normalized spacial score (nSPS) is 12.1. The van der Waals surface area contributed by atoms with Crippen molar-refractivity contribution in [2.45, 2.75) is 20.3 Å². The summed E-state index contributed by atoms with van der Waals surface area (Å²) in [6.07, 6.45) is 2.36. The highest BCUT2D eigenvalue weighted by Gasteiger charge is 2.21.